The van der Waals surface area contributed by atoms with Crippen LogP contribution in [0.25, 0.3) is 10.9 Å². The summed E-state index contributed by atoms with van der Waals surface area (Å²) in [7, 11) is 0. The highest BCUT2D eigenvalue weighted by Crippen LogP contribution is 2.14. The molecule has 6 heteroatoms. The largest absolute Gasteiger partial charge is 0.331 e. The summed E-state index contributed by atoms with van der Waals surface area (Å²) in [6.07, 6.45) is 0.668. The molecule has 2 aromatic carbocycles. The minimum atomic E-state index is -0.595. The summed E-state index contributed by atoms with van der Waals surface area (Å²) in [6.45, 7) is 4.15. The third kappa shape index (κ3) is 3.45. The van der Waals surface area contributed by atoms with Crippen LogP contribution in [0.2, 0.25) is 0 Å². The quantitative estimate of drug-likeness (QED) is 0.700. The molecule has 1 heterocycles. The van der Waals surface area contributed by atoms with Crippen molar-refractivity contribution in [1.29, 1.82) is 0 Å². The van der Waals surface area contributed by atoms with Gasteiger partial charge in [-0.3, -0.25) is 13.9 Å². The summed E-state index contributed by atoms with van der Waals surface area (Å²) in [5, 5.41) is 0.382. The second-order valence-corrected chi connectivity index (χ2v) is 6.76. The fraction of sp³-hybridized carbons (Fsp3) is 0.300. The summed E-state index contributed by atoms with van der Waals surface area (Å²) < 4.78 is 30.1. The Kier molecular flexibility index (Phi) is 5.02. The van der Waals surface area contributed by atoms with E-state index < -0.39 is 17.3 Å². The minimum absolute atomic E-state index is 0.0614. The molecule has 0 saturated carbocycles. The van der Waals surface area contributed by atoms with Crippen molar-refractivity contribution < 1.29 is 8.78 Å². The maximum Gasteiger partial charge on any atom is 0.331 e. The normalized spacial score (nSPS) is 11.4. The van der Waals surface area contributed by atoms with Gasteiger partial charge in [-0.2, -0.15) is 0 Å². The maximum atomic E-state index is 14.1. The smallest absolute Gasteiger partial charge is 0.289 e. The van der Waals surface area contributed by atoms with Crippen LogP contribution >= 0.6 is 0 Å². The van der Waals surface area contributed by atoms with Crippen LogP contribution in [0.5, 0.6) is 0 Å². The van der Waals surface area contributed by atoms with Crippen LogP contribution in [0.4, 0.5) is 8.78 Å². The SMILES string of the molecule is CC(C)CCn1c(=O)c2ccccc2n(Cc2cc(F)ccc2F)c1=O. The number of benzene rings is 2. The van der Waals surface area contributed by atoms with Crippen molar-refractivity contribution in [2.75, 3.05) is 0 Å². The Morgan fingerprint density at radius 2 is 1.73 bits per heavy atom. The maximum absolute atomic E-state index is 14.1. The van der Waals surface area contributed by atoms with E-state index >= 15 is 0 Å². The Labute approximate surface area is 149 Å². The molecular formula is C20H20F2N2O2. The van der Waals surface area contributed by atoms with Gasteiger partial charge >= 0.3 is 5.69 Å². The van der Waals surface area contributed by atoms with E-state index in [1.165, 1.54) is 9.13 Å². The molecule has 0 atom stereocenters. The third-order valence-electron chi connectivity index (χ3n) is 4.40. The van der Waals surface area contributed by atoms with Crippen LogP contribution < -0.4 is 11.2 Å². The van der Waals surface area contributed by atoms with Gasteiger partial charge < -0.3 is 0 Å². The average molecular weight is 358 g/mol. The van der Waals surface area contributed by atoms with E-state index in [1.807, 2.05) is 13.8 Å². The van der Waals surface area contributed by atoms with Crippen molar-refractivity contribution in [2.45, 2.75) is 33.4 Å². The monoisotopic (exact) mass is 358 g/mol. The molecule has 0 spiro atoms. The van der Waals surface area contributed by atoms with E-state index in [0.29, 0.717) is 23.2 Å². The fourth-order valence-corrected chi connectivity index (χ4v) is 2.94. The van der Waals surface area contributed by atoms with Crippen LogP contribution in [0.3, 0.4) is 0 Å². The second kappa shape index (κ2) is 7.23. The number of para-hydroxylation sites is 1. The lowest BCUT2D eigenvalue weighted by molar-refractivity contribution is 0.483. The van der Waals surface area contributed by atoms with Gasteiger partial charge in [0.2, 0.25) is 0 Å². The van der Waals surface area contributed by atoms with E-state index in [2.05, 4.69) is 0 Å². The lowest BCUT2D eigenvalue weighted by Gasteiger charge is -2.15. The molecule has 1 aromatic heterocycles. The molecule has 4 nitrogen and oxygen atoms in total. The first-order valence-electron chi connectivity index (χ1n) is 8.54. The van der Waals surface area contributed by atoms with Gasteiger partial charge in [0.25, 0.3) is 5.56 Å². The van der Waals surface area contributed by atoms with Gasteiger partial charge in [-0.15, -0.1) is 0 Å². The Morgan fingerprint density at radius 1 is 1.00 bits per heavy atom. The second-order valence-electron chi connectivity index (χ2n) is 6.76. The van der Waals surface area contributed by atoms with Crippen LogP contribution in [0, 0.1) is 17.6 Å². The van der Waals surface area contributed by atoms with Gasteiger partial charge in [0.1, 0.15) is 11.6 Å². The molecule has 0 unspecified atom stereocenters. The zero-order valence-corrected chi connectivity index (χ0v) is 14.7. The number of aromatic nitrogens is 2. The van der Waals surface area contributed by atoms with Crippen molar-refractivity contribution >= 4 is 10.9 Å². The summed E-state index contributed by atoms with van der Waals surface area (Å²) in [6, 6.07) is 9.84. The van der Waals surface area contributed by atoms with E-state index in [1.54, 1.807) is 24.3 Å². The molecule has 0 aliphatic rings. The van der Waals surface area contributed by atoms with Crippen molar-refractivity contribution in [3.63, 3.8) is 0 Å². The van der Waals surface area contributed by atoms with Crippen LogP contribution in [0.1, 0.15) is 25.8 Å². The minimum Gasteiger partial charge on any atom is -0.289 e. The Balaban J connectivity index is 2.21. The number of nitrogens with zero attached hydrogens (tertiary/aromatic N) is 2. The molecule has 3 aromatic rings. The van der Waals surface area contributed by atoms with Crippen molar-refractivity contribution in [3.05, 3.63) is 80.5 Å². The molecule has 0 saturated heterocycles. The Hall–Kier alpha value is -2.76. The van der Waals surface area contributed by atoms with Crippen LogP contribution in [-0.4, -0.2) is 9.13 Å². The van der Waals surface area contributed by atoms with E-state index in [-0.39, 0.29) is 24.2 Å². The van der Waals surface area contributed by atoms with Crippen molar-refractivity contribution in [1.82, 2.24) is 9.13 Å². The predicted molar refractivity (Wildman–Crippen MR) is 97.4 cm³/mol. The first kappa shape index (κ1) is 18.0. The van der Waals surface area contributed by atoms with Crippen molar-refractivity contribution in [2.24, 2.45) is 5.92 Å². The van der Waals surface area contributed by atoms with Crippen LogP contribution in [-0.2, 0) is 13.1 Å². The van der Waals surface area contributed by atoms with Gasteiger partial charge in [0.15, 0.2) is 0 Å². The standard InChI is InChI=1S/C20H20F2N2O2/c1-13(2)9-10-23-19(25)16-5-3-4-6-18(16)24(20(23)26)12-14-11-15(21)7-8-17(14)22/h3-8,11,13H,9-10,12H2,1-2H3. The molecule has 0 aliphatic heterocycles. The highest BCUT2D eigenvalue weighted by Gasteiger charge is 2.15. The first-order chi connectivity index (χ1) is 12.4. The molecule has 3 rings (SSSR count). The fourth-order valence-electron chi connectivity index (χ4n) is 2.94. The van der Waals surface area contributed by atoms with Gasteiger partial charge in [0.05, 0.1) is 17.4 Å². The molecule has 0 N–H and O–H groups in total. The molecule has 26 heavy (non-hydrogen) atoms. The third-order valence-corrected chi connectivity index (χ3v) is 4.40. The summed E-state index contributed by atoms with van der Waals surface area (Å²) >= 11 is 0. The number of rotatable bonds is 5. The van der Waals surface area contributed by atoms with Crippen LogP contribution in [0.15, 0.2) is 52.1 Å². The molecule has 0 bridgehead atoms. The highest BCUT2D eigenvalue weighted by molar-refractivity contribution is 5.77. The van der Waals surface area contributed by atoms with E-state index in [4.69, 9.17) is 0 Å². The van der Waals surface area contributed by atoms with E-state index in [9.17, 15) is 18.4 Å². The number of fused-ring (bicyclic) bond motifs is 1. The molecule has 0 radical (unpaired) electrons. The highest BCUT2D eigenvalue weighted by atomic mass is 19.1. The lowest BCUT2D eigenvalue weighted by Crippen LogP contribution is -2.40. The van der Waals surface area contributed by atoms with Gasteiger partial charge in [-0.1, -0.05) is 26.0 Å². The Bertz CT molecular complexity index is 1070. The van der Waals surface area contributed by atoms with Gasteiger partial charge in [-0.25, -0.2) is 13.6 Å². The lowest BCUT2D eigenvalue weighted by atomic mass is 10.1. The first-order valence-corrected chi connectivity index (χ1v) is 8.54. The summed E-state index contributed by atoms with van der Waals surface area (Å²) in [4.78, 5) is 25.6. The number of hydrogen-bond acceptors (Lipinski definition) is 2. The zero-order valence-electron chi connectivity index (χ0n) is 14.7. The topological polar surface area (TPSA) is 44.0 Å². The van der Waals surface area contributed by atoms with Gasteiger partial charge in [-0.05, 0) is 42.7 Å². The number of halogens is 2. The predicted octanol–water partition coefficient (Wildman–Crippen LogP) is 3.54. The Morgan fingerprint density at radius 3 is 2.46 bits per heavy atom. The molecule has 0 amide bonds. The zero-order chi connectivity index (χ0) is 18.8. The molecule has 0 aliphatic carbocycles. The molecular weight excluding hydrogens is 338 g/mol. The molecule has 0 fully saturated rings. The number of hydrogen-bond donors (Lipinski definition) is 0. The summed E-state index contributed by atoms with van der Waals surface area (Å²) in [5.74, 6) is -0.851. The van der Waals surface area contributed by atoms with Gasteiger partial charge in [0, 0.05) is 12.1 Å². The van der Waals surface area contributed by atoms with E-state index in [0.717, 1.165) is 18.2 Å². The average Bonchev–Trinajstić information content (AvgIpc) is 2.61. The summed E-state index contributed by atoms with van der Waals surface area (Å²) in [5.41, 5.74) is -0.404. The molecule has 136 valence electrons. The van der Waals surface area contributed by atoms with Crippen molar-refractivity contribution in [3.8, 4) is 0 Å².